The van der Waals surface area contributed by atoms with Crippen molar-refractivity contribution in [2.45, 2.75) is 27.7 Å². The first-order chi connectivity index (χ1) is 5.04. The van der Waals surface area contributed by atoms with Crippen LogP contribution in [0.25, 0.3) is 0 Å². The Morgan fingerprint density at radius 2 is 1.42 bits per heavy atom. The van der Waals surface area contributed by atoms with E-state index in [1.54, 1.807) is 6.07 Å². The lowest BCUT2D eigenvalue weighted by atomic mass is 9.99. The van der Waals surface area contributed by atoms with Gasteiger partial charge in [0.15, 0.2) is 0 Å². The molecule has 0 saturated carbocycles. The molecule has 1 atom stereocenters. The minimum atomic E-state index is -0.0920. The summed E-state index contributed by atoms with van der Waals surface area (Å²) in [5, 5.41) is 0. The summed E-state index contributed by atoms with van der Waals surface area (Å²) in [7, 11) is 0. The van der Waals surface area contributed by atoms with Crippen molar-refractivity contribution in [3.05, 3.63) is 34.1 Å². The van der Waals surface area contributed by atoms with E-state index in [1.165, 1.54) is 5.56 Å². The lowest BCUT2D eigenvalue weighted by molar-refractivity contribution is 0.615. The van der Waals surface area contributed by atoms with Crippen LogP contribution in [0.1, 0.15) is 22.3 Å². The van der Waals surface area contributed by atoms with Crippen molar-refractivity contribution in [3.63, 3.8) is 0 Å². The molecule has 0 heterocycles. The van der Waals surface area contributed by atoms with Gasteiger partial charge in [-0.2, -0.15) is 9.90 Å². The average Bonchev–Trinajstić information content (AvgIpc) is 1.97. The van der Waals surface area contributed by atoms with E-state index in [4.69, 9.17) is 0 Å². The molecule has 0 aromatic heterocycles. The molecule has 2 heteroatoms. The van der Waals surface area contributed by atoms with Gasteiger partial charge in [-0.25, -0.2) is 4.39 Å². The maximum Gasteiger partial charge on any atom is 0.126 e. The van der Waals surface area contributed by atoms with Crippen LogP contribution in [0.4, 0.5) is 4.39 Å². The maximum atomic E-state index is 13.0. The van der Waals surface area contributed by atoms with Crippen LogP contribution in [-0.4, -0.2) is 0 Å². The van der Waals surface area contributed by atoms with Crippen molar-refractivity contribution >= 4 is 9.90 Å². The van der Waals surface area contributed by atoms with Gasteiger partial charge in [0.05, 0.1) is 0 Å². The molecule has 0 nitrogen and oxygen atoms in total. The van der Waals surface area contributed by atoms with Gasteiger partial charge in [-0.3, -0.25) is 0 Å². The van der Waals surface area contributed by atoms with Crippen molar-refractivity contribution in [1.29, 1.82) is 0 Å². The van der Waals surface area contributed by atoms with Gasteiger partial charge in [-0.15, -0.1) is 0 Å². The molecule has 0 N–H and O–H groups in total. The molecule has 1 unspecified atom stereocenters. The molecular formula is C10H16FP. The third kappa shape index (κ3) is 1.84. The summed E-state index contributed by atoms with van der Waals surface area (Å²) in [6, 6.07) is 1.59. The molecule has 0 spiro atoms. The molecule has 0 aliphatic heterocycles. The molecule has 68 valence electrons. The number of rotatable bonds is 0. The van der Waals surface area contributed by atoms with Gasteiger partial charge >= 0.3 is 0 Å². The fraction of sp³-hybridized carbons (Fsp3) is 0.400. The number of aryl methyl sites for hydroxylation is 1. The monoisotopic (exact) mass is 186 g/mol. The SMILES string of the molecule is Cc1cc(F)c(C)c(C)c1C.P. The molecule has 1 aromatic carbocycles. The molecule has 1 rings (SSSR count). The summed E-state index contributed by atoms with van der Waals surface area (Å²) in [6.07, 6.45) is 0. The fourth-order valence-corrected chi connectivity index (χ4v) is 1.16. The Hall–Kier alpha value is -0.420. The van der Waals surface area contributed by atoms with Gasteiger partial charge in [0.25, 0.3) is 0 Å². The zero-order valence-corrected chi connectivity index (χ0v) is 9.58. The summed E-state index contributed by atoms with van der Waals surface area (Å²) in [5.41, 5.74) is 4.07. The molecule has 0 aliphatic rings. The normalized spacial score (nSPS) is 9.42. The molecule has 0 fully saturated rings. The molecular weight excluding hydrogens is 170 g/mol. The number of halogens is 1. The van der Waals surface area contributed by atoms with Crippen LogP contribution in [0.15, 0.2) is 6.07 Å². The predicted molar refractivity (Wildman–Crippen MR) is 56.5 cm³/mol. The highest BCUT2D eigenvalue weighted by Gasteiger charge is 2.05. The topological polar surface area (TPSA) is 0 Å². The van der Waals surface area contributed by atoms with Gasteiger partial charge in [-0.05, 0) is 56.0 Å². The van der Waals surface area contributed by atoms with Crippen LogP contribution < -0.4 is 0 Å². The number of hydrogen-bond donors (Lipinski definition) is 0. The minimum absolute atomic E-state index is 0. The summed E-state index contributed by atoms with van der Waals surface area (Å²) in [5.74, 6) is -0.0920. The quantitative estimate of drug-likeness (QED) is 0.546. The van der Waals surface area contributed by atoms with E-state index in [0.29, 0.717) is 0 Å². The third-order valence-electron chi connectivity index (χ3n) is 2.42. The van der Waals surface area contributed by atoms with Crippen molar-refractivity contribution in [2.24, 2.45) is 0 Å². The molecule has 0 saturated heterocycles. The molecule has 0 amide bonds. The Kier molecular flexibility index (Phi) is 3.86. The highest BCUT2D eigenvalue weighted by molar-refractivity contribution is 6.92. The van der Waals surface area contributed by atoms with Gasteiger partial charge < -0.3 is 0 Å². The van der Waals surface area contributed by atoms with E-state index in [2.05, 4.69) is 0 Å². The second kappa shape index (κ2) is 4.00. The van der Waals surface area contributed by atoms with Crippen LogP contribution >= 0.6 is 9.90 Å². The first kappa shape index (κ1) is 11.6. The summed E-state index contributed by atoms with van der Waals surface area (Å²) in [4.78, 5) is 0. The highest BCUT2D eigenvalue weighted by Crippen LogP contribution is 2.19. The first-order valence-electron chi connectivity index (χ1n) is 3.77. The lowest BCUT2D eigenvalue weighted by Gasteiger charge is -2.08. The summed E-state index contributed by atoms with van der Waals surface area (Å²) in [6.45, 7) is 7.74. The Morgan fingerprint density at radius 3 is 1.92 bits per heavy atom. The van der Waals surface area contributed by atoms with Crippen LogP contribution in [0.5, 0.6) is 0 Å². The molecule has 12 heavy (non-hydrogen) atoms. The van der Waals surface area contributed by atoms with E-state index < -0.39 is 0 Å². The van der Waals surface area contributed by atoms with Crippen LogP contribution in [0.2, 0.25) is 0 Å². The number of hydrogen-bond acceptors (Lipinski definition) is 0. The largest absolute Gasteiger partial charge is 0.207 e. The summed E-state index contributed by atoms with van der Waals surface area (Å²) >= 11 is 0. The van der Waals surface area contributed by atoms with Crippen molar-refractivity contribution in [2.75, 3.05) is 0 Å². The molecule has 0 radical (unpaired) electrons. The van der Waals surface area contributed by atoms with Crippen molar-refractivity contribution in [3.8, 4) is 0 Å². The van der Waals surface area contributed by atoms with E-state index in [9.17, 15) is 4.39 Å². The Labute approximate surface area is 76.8 Å². The van der Waals surface area contributed by atoms with Crippen LogP contribution in [-0.2, 0) is 0 Å². The predicted octanol–water partition coefficient (Wildman–Crippen LogP) is 3.12. The highest BCUT2D eigenvalue weighted by atomic mass is 31.0. The van der Waals surface area contributed by atoms with Crippen LogP contribution in [0, 0.1) is 33.5 Å². The standard InChI is InChI=1S/C10H13F.H3P/c1-6-5-10(11)9(4)8(3)7(6)2;/h5H,1-4H3;1H3. The van der Waals surface area contributed by atoms with Gasteiger partial charge in [0.2, 0.25) is 0 Å². The van der Waals surface area contributed by atoms with E-state index >= 15 is 0 Å². The van der Waals surface area contributed by atoms with E-state index in [-0.39, 0.29) is 15.7 Å². The van der Waals surface area contributed by atoms with E-state index in [1.807, 2.05) is 27.7 Å². The van der Waals surface area contributed by atoms with Gasteiger partial charge in [-0.1, -0.05) is 0 Å². The lowest BCUT2D eigenvalue weighted by Crippen LogP contribution is -1.94. The third-order valence-corrected chi connectivity index (χ3v) is 2.42. The van der Waals surface area contributed by atoms with Crippen molar-refractivity contribution in [1.82, 2.24) is 0 Å². The number of benzene rings is 1. The second-order valence-electron chi connectivity index (χ2n) is 3.05. The fourth-order valence-electron chi connectivity index (χ4n) is 1.16. The smallest absolute Gasteiger partial charge is 0.126 e. The van der Waals surface area contributed by atoms with E-state index in [0.717, 1.165) is 16.7 Å². The van der Waals surface area contributed by atoms with Crippen molar-refractivity contribution < 1.29 is 4.39 Å². The zero-order chi connectivity index (χ0) is 8.59. The maximum absolute atomic E-state index is 13.0. The Morgan fingerprint density at radius 1 is 0.917 bits per heavy atom. The Balaban J connectivity index is 0.00000121. The molecule has 0 bridgehead atoms. The second-order valence-corrected chi connectivity index (χ2v) is 3.05. The van der Waals surface area contributed by atoms with Gasteiger partial charge in [0.1, 0.15) is 5.82 Å². The molecule has 0 aliphatic carbocycles. The first-order valence-corrected chi connectivity index (χ1v) is 3.77. The zero-order valence-electron chi connectivity index (χ0n) is 8.16. The van der Waals surface area contributed by atoms with Crippen LogP contribution in [0.3, 0.4) is 0 Å². The Bertz CT molecular complexity index is 266. The average molecular weight is 186 g/mol. The summed E-state index contributed by atoms with van der Waals surface area (Å²) < 4.78 is 13.0. The minimum Gasteiger partial charge on any atom is -0.207 e. The molecule has 1 aromatic rings. The van der Waals surface area contributed by atoms with Gasteiger partial charge in [0, 0.05) is 0 Å².